The number of aryl methyl sites for hydroxylation is 1. The van der Waals surface area contributed by atoms with Gasteiger partial charge in [-0.2, -0.15) is 0 Å². The third kappa shape index (κ3) is 3.30. The van der Waals surface area contributed by atoms with E-state index in [2.05, 4.69) is 10.3 Å². The quantitative estimate of drug-likeness (QED) is 0.724. The van der Waals surface area contributed by atoms with E-state index in [1.54, 1.807) is 22.8 Å². The van der Waals surface area contributed by atoms with Gasteiger partial charge in [-0.25, -0.2) is 4.98 Å². The third-order valence-electron chi connectivity index (χ3n) is 5.74. The van der Waals surface area contributed by atoms with Crippen LogP contribution in [0.4, 0.5) is 0 Å². The van der Waals surface area contributed by atoms with E-state index in [0.717, 1.165) is 36.4 Å². The van der Waals surface area contributed by atoms with Gasteiger partial charge in [-0.05, 0) is 55.7 Å². The first kappa shape index (κ1) is 18.7. The summed E-state index contributed by atoms with van der Waals surface area (Å²) in [5, 5.41) is 3.57. The SMILES string of the molecule is CC(NC(=O)c1ccc2c(=O)n3c(nc2c1)CCCC3)c1ccc2c(c1)OCCO2. The molecule has 0 saturated carbocycles. The van der Waals surface area contributed by atoms with Gasteiger partial charge in [0.15, 0.2) is 11.5 Å². The average Bonchev–Trinajstić information content (AvgIpc) is 2.78. The molecule has 7 nitrogen and oxygen atoms in total. The molecule has 0 aliphatic carbocycles. The van der Waals surface area contributed by atoms with Gasteiger partial charge in [0.2, 0.25) is 0 Å². The highest BCUT2D eigenvalue weighted by atomic mass is 16.6. The normalized spacial score (nSPS) is 16.0. The van der Waals surface area contributed by atoms with Gasteiger partial charge in [-0.3, -0.25) is 14.2 Å². The van der Waals surface area contributed by atoms with E-state index in [-0.39, 0.29) is 17.5 Å². The summed E-state index contributed by atoms with van der Waals surface area (Å²) in [4.78, 5) is 30.2. The molecule has 2 aliphatic heterocycles. The van der Waals surface area contributed by atoms with Crippen LogP contribution in [-0.4, -0.2) is 28.7 Å². The molecule has 2 aliphatic rings. The number of hydrogen-bond donors (Lipinski definition) is 1. The van der Waals surface area contributed by atoms with Crippen molar-refractivity contribution in [2.45, 2.75) is 38.8 Å². The first-order chi connectivity index (χ1) is 14.6. The molecule has 0 fully saturated rings. The fourth-order valence-corrected chi connectivity index (χ4v) is 4.08. The highest BCUT2D eigenvalue weighted by Crippen LogP contribution is 2.32. The Morgan fingerprint density at radius 2 is 1.93 bits per heavy atom. The number of hydrogen-bond acceptors (Lipinski definition) is 5. The summed E-state index contributed by atoms with van der Waals surface area (Å²) in [6.07, 6.45) is 2.83. The Bertz CT molecular complexity index is 1200. The summed E-state index contributed by atoms with van der Waals surface area (Å²) >= 11 is 0. The van der Waals surface area contributed by atoms with Crippen molar-refractivity contribution in [1.29, 1.82) is 0 Å². The molecule has 1 unspecified atom stereocenters. The van der Waals surface area contributed by atoms with Crippen molar-refractivity contribution in [3.05, 3.63) is 63.7 Å². The number of aromatic nitrogens is 2. The van der Waals surface area contributed by atoms with Crippen LogP contribution < -0.4 is 20.3 Å². The van der Waals surface area contributed by atoms with Crippen LogP contribution in [0.3, 0.4) is 0 Å². The molecular weight excluding hydrogens is 382 g/mol. The van der Waals surface area contributed by atoms with E-state index in [4.69, 9.17) is 9.47 Å². The molecule has 3 heterocycles. The number of nitrogens with one attached hydrogen (secondary N) is 1. The summed E-state index contributed by atoms with van der Waals surface area (Å²) in [5.74, 6) is 2.01. The van der Waals surface area contributed by atoms with Crippen molar-refractivity contribution < 1.29 is 14.3 Å². The molecule has 3 aromatic rings. The fraction of sp³-hybridized carbons (Fsp3) is 0.348. The number of fused-ring (bicyclic) bond motifs is 3. The summed E-state index contributed by atoms with van der Waals surface area (Å²) in [6.45, 7) is 3.70. The molecule has 154 valence electrons. The summed E-state index contributed by atoms with van der Waals surface area (Å²) in [7, 11) is 0. The number of ether oxygens (including phenoxy) is 2. The molecule has 1 atom stereocenters. The van der Waals surface area contributed by atoms with E-state index in [1.165, 1.54) is 0 Å². The maximum Gasteiger partial charge on any atom is 0.261 e. The van der Waals surface area contributed by atoms with Crippen LogP contribution in [0.15, 0.2) is 41.2 Å². The van der Waals surface area contributed by atoms with Crippen molar-refractivity contribution >= 4 is 16.8 Å². The molecule has 0 bridgehead atoms. The van der Waals surface area contributed by atoms with Crippen LogP contribution in [0, 0.1) is 0 Å². The molecule has 30 heavy (non-hydrogen) atoms. The Morgan fingerprint density at radius 1 is 1.10 bits per heavy atom. The lowest BCUT2D eigenvalue weighted by molar-refractivity contribution is 0.0940. The van der Waals surface area contributed by atoms with Crippen molar-refractivity contribution in [2.75, 3.05) is 13.2 Å². The number of rotatable bonds is 3. The van der Waals surface area contributed by atoms with Gasteiger partial charge in [0.1, 0.15) is 19.0 Å². The molecule has 1 N–H and O–H groups in total. The highest BCUT2D eigenvalue weighted by molar-refractivity contribution is 5.97. The Kier molecular flexibility index (Phi) is 4.65. The second kappa shape index (κ2) is 7.48. The number of nitrogens with zero attached hydrogens (tertiary/aromatic N) is 2. The summed E-state index contributed by atoms with van der Waals surface area (Å²) in [6, 6.07) is 10.6. The van der Waals surface area contributed by atoms with Crippen LogP contribution in [0.1, 0.15) is 47.6 Å². The lowest BCUT2D eigenvalue weighted by Gasteiger charge is -2.21. The van der Waals surface area contributed by atoms with E-state index in [1.807, 2.05) is 25.1 Å². The van der Waals surface area contributed by atoms with Crippen molar-refractivity contribution in [2.24, 2.45) is 0 Å². The maximum absolute atomic E-state index is 12.9. The molecule has 0 spiro atoms. The molecule has 0 saturated heterocycles. The summed E-state index contributed by atoms with van der Waals surface area (Å²) < 4.78 is 12.9. The number of amides is 1. The van der Waals surface area contributed by atoms with Crippen LogP contribution in [0.2, 0.25) is 0 Å². The average molecular weight is 405 g/mol. The second-order valence-corrected chi connectivity index (χ2v) is 7.77. The minimum absolute atomic E-state index is 0.0219. The zero-order chi connectivity index (χ0) is 20.7. The minimum atomic E-state index is -0.217. The van der Waals surface area contributed by atoms with Gasteiger partial charge in [0.05, 0.1) is 16.9 Å². The molecule has 1 aromatic heterocycles. The van der Waals surface area contributed by atoms with Crippen LogP contribution in [0.25, 0.3) is 10.9 Å². The highest BCUT2D eigenvalue weighted by Gasteiger charge is 2.18. The first-order valence-electron chi connectivity index (χ1n) is 10.3. The van der Waals surface area contributed by atoms with E-state index in [9.17, 15) is 9.59 Å². The van der Waals surface area contributed by atoms with Gasteiger partial charge in [0, 0.05) is 18.5 Å². The smallest absolute Gasteiger partial charge is 0.261 e. The minimum Gasteiger partial charge on any atom is -0.486 e. The molecular formula is C23H23N3O4. The van der Waals surface area contributed by atoms with Crippen LogP contribution in [-0.2, 0) is 13.0 Å². The lowest BCUT2D eigenvalue weighted by Crippen LogP contribution is -2.29. The first-order valence-corrected chi connectivity index (χ1v) is 10.3. The van der Waals surface area contributed by atoms with Crippen LogP contribution >= 0.6 is 0 Å². The lowest BCUT2D eigenvalue weighted by atomic mass is 10.1. The van der Waals surface area contributed by atoms with Gasteiger partial charge < -0.3 is 14.8 Å². The Morgan fingerprint density at radius 3 is 2.80 bits per heavy atom. The van der Waals surface area contributed by atoms with Gasteiger partial charge in [-0.15, -0.1) is 0 Å². The maximum atomic E-state index is 12.9. The molecule has 0 radical (unpaired) electrons. The Hall–Kier alpha value is -3.35. The van der Waals surface area contributed by atoms with E-state index in [0.29, 0.717) is 42.0 Å². The van der Waals surface area contributed by atoms with Gasteiger partial charge in [0.25, 0.3) is 11.5 Å². The largest absolute Gasteiger partial charge is 0.486 e. The summed E-state index contributed by atoms with van der Waals surface area (Å²) in [5.41, 5.74) is 1.97. The predicted molar refractivity (Wildman–Crippen MR) is 112 cm³/mol. The van der Waals surface area contributed by atoms with E-state index < -0.39 is 0 Å². The predicted octanol–water partition coefficient (Wildman–Crippen LogP) is 3.00. The number of benzene rings is 2. The van der Waals surface area contributed by atoms with Crippen molar-refractivity contribution in [3.8, 4) is 11.5 Å². The molecule has 7 heteroatoms. The zero-order valence-corrected chi connectivity index (χ0v) is 16.8. The molecule has 2 aromatic carbocycles. The van der Waals surface area contributed by atoms with Crippen LogP contribution in [0.5, 0.6) is 11.5 Å². The monoisotopic (exact) mass is 405 g/mol. The van der Waals surface area contributed by atoms with Crippen molar-refractivity contribution in [1.82, 2.24) is 14.9 Å². The Balaban J connectivity index is 1.40. The zero-order valence-electron chi connectivity index (χ0n) is 16.8. The topological polar surface area (TPSA) is 82.5 Å². The standard InChI is InChI=1S/C23H23N3O4/c1-14(15-6-8-19-20(13-15)30-11-10-29-19)24-22(27)16-5-7-17-18(12-16)25-21-4-2-3-9-26(21)23(17)28/h5-8,12-14H,2-4,9-11H2,1H3,(H,24,27). The third-order valence-corrected chi connectivity index (χ3v) is 5.74. The molecule has 1 amide bonds. The second-order valence-electron chi connectivity index (χ2n) is 7.77. The Labute approximate surface area is 173 Å². The fourth-order valence-electron chi connectivity index (χ4n) is 4.08. The van der Waals surface area contributed by atoms with Gasteiger partial charge >= 0.3 is 0 Å². The van der Waals surface area contributed by atoms with E-state index >= 15 is 0 Å². The van der Waals surface area contributed by atoms with Gasteiger partial charge in [-0.1, -0.05) is 6.07 Å². The molecule has 5 rings (SSSR count). The van der Waals surface area contributed by atoms with Crippen molar-refractivity contribution in [3.63, 3.8) is 0 Å². The number of carbonyl (C=O) groups is 1. The number of carbonyl (C=O) groups excluding carboxylic acids is 1.